The Bertz CT molecular complexity index is 254. The molecule has 14 heavy (non-hydrogen) atoms. The van der Waals surface area contributed by atoms with Crippen molar-refractivity contribution >= 4 is 0 Å². The van der Waals surface area contributed by atoms with Gasteiger partial charge in [0.25, 0.3) is 0 Å². The minimum absolute atomic E-state index is 0.384. The number of aryl methyl sites for hydroxylation is 1. The van der Waals surface area contributed by atoms with Gasteiger partial charge in [-0.1, -0.05) is 6.92 Å². The largest absolute Gasteiger partial charge is 0.383 e. The molecule has 1 unspecified atom stereocenters. The van der Waals surface area contributed by atoms with Gasteiger partial charge in [0.2, 0.25) is 0 Å². The van der Waals surface area contributed by atoms with E-state index in [1.54, 1.807) is 7.11 Å². The van der Waals surface area contributed by atoms with E-state index in [2.05, 4.69) is 17.3 Å². The maximum atomic E-state index is 5.15. The lowest BCUT2D eigenvalue weighted by Gasteiger charge is -2.15. The van der Waals surface area contributed by atoms with Crippen molar-refractivity contribution in [3.05, 3.63) is 18.0 Å². The lowest BCUT2D eigenvalue weighted by molar-refractivity contribution is 0.167. The summed E-state index contributed by atoms with van der Waals surface area (Å²) in [6.45, 7) is 3.81. The summed E-state index contributed by atoms with van der Waals surface area (Å²) in [7, 11) is 3.66. The van der Waals surface area contributed by atoms with Crippen molar-refractivity contribution < 1.29 is 4.74 Å². The van der Waals surface area contributed by atoms with Crippen molar-refractivity contribution in [1.82, 2.24) is 15.1 Å². The molecule has 1 heterocycles. The molecule has 0 bridgehead atoms. The summed E-state index contributed by atoms with van der Waals surface area (Å²) in [4.78, 5) is 0. The van der Waals surface area contributed by atoms with Crippen LogP contribution < -0.4 is 5.32 Å². The number of hydrogen-bond donors (Lipinski definition) is 1. The Hall–Kier alpha value is -0.870. The van der Waals surface area contributed by atoms with Crippen molar-refractivity contribution in [3.63, 3.8) is 0 Å². The fraction of sp³-hybridized carbons (Fsp3) is 0.700. The lowest BCUT2D eigenvalue weighted by Crippen LogP contribution is -2.34. The fourth-order valence-electron chi connectivity index (χ4n) is 1.54. The predicted octanol–water partition coefficient (Wildman–Crippen LogP) is 0.587. The monoisotopic (exact) mass is 197 g/mol. The summed E-state index contributed by atoms with van der Waals surface area (Å²) in [5.41, 5.74) is 1.25. The molecule has 4 heteroatoms. The first-order valence-electron chi connectivity index (χ1n) is 4.96. The smallest absolute Gasteiger partial charge is 0.0619 e. The molecule has 1 aromatic rings. The van der Waals surface area contributed by atoms with Gasteiger partial charge in [-0.3, -0.25) is 4.68 Å². The van der Waals surface area contributed by atoms with E-state index < -0.39 is 0 Å². The van der Waals surface area contributed by atoms with E-state index in [1.165, 1.54) is 5.56 Å². The summed E-state index contributed by atoms with van der Waals surface area (Å²) in [5.74, 6) is 0. The second-order valence-corrected chi connectivity index (χ2v) is 3.44. The third kappa shape index (κ3) is 3.47. The number of methoxy groups -OCH3 is 1. The molecule has 0 aliphatic heterocycles. The van der Waals surface area contributed by atoms with Gasteiger partial charge in [0.15, 0.2) is 0 Å². The first kappa shape index (κ1) is 11.2. The van der Waals surface area contributed by atoms with Crippen molar-refractivity contribution in [2.45, 2.75) is 19.4 Å². The molecule has 4 nitrogen and oxygen atoms in total. The maximum absolute atomic E-state index is 5.15. The molecule has 1 rings (SSSR count). The van der Waals surface area contributed by atoms with E-state index in [-0.39, 0.29) is 0 Å². The fourth-order valence-corrected chi connectivity index (χ4v) is 1.54. The number of nitrogens with one attached hydrogen (secondary N) is 1. The summed E-state index contributed by atoms with van der Waals surface area (Å²) >= 11 is 0. The zero-order valence-corrected chi connectivity index (χ0v) is 9.16. The van der Waals surface area contributed by atoms with E-state index in [1.807, 2.05) is 24.1 Å². The second kappa shape index (κ2) is 5.78. The summed E-state index contributed by atoms with van der Waals surface area (Å²) in [5, 5.41) is 7.52. The third-order valence-electron chi connectivity index (χ3n) is 2.10. The number of hydrogen-bond acceptors (Lipinski definition) is 3. The highest BCUT2D eigenvalue weighted by Gasteiger charge is 2.08. The third-order valence-corrected chi connectivity index (χ3v) is 2.10. The number of likely N-dealkylation sites (N-methyl/N-ethyl adjacent to an activating group) is 1. The Morgan fingerprint density at radius 3 is 2.93 bits per heavy atom. The molecule has 0 amide bonds. The van der Waals surface area contributed by atoms with Gasteiger partial charge in [0.1, 0.15) is 0 Å². The molecule has 0 aliphatic carbocycles. The highest BCUT2D eigenvalue weighted by atomic mass is 16.5. The van der Waals surface area contributed by atoms with Crippen LogP contribution in [0.5, 0.6) is 0 Å². The first-order valence-corrected chi connectivity index (χ1v) is 4.96. The van der Waals surface area contributed by atoms with Crippen molar-refractivity contribution in [3.8, 4) is 0 Å². The van der Waals surface area contributed by atoms with Crippen LogP contribution in [0, 0.1) is 0 Å². The maximum Gasteiger partial charge on any atom is 0.0619 e. The minimum atomic E-state index is 0.384. The summed E-state index contributed by atoms with van der Waals surface area (Å²) in [6.07, 6.45) is 4.91. The second-order valence-electron chi connectivity index (χ2n) is 3.44. The first-order chi connectivity index (χ1) is 6.76. The molecule has 0 saturated heterocycles. The van der Waals surface area contributed by atoms with Crippen molar-refractivity contribution in [1.29, 1.82) is 0 Å². The predicted molar refractivity (Wildman–Crippen MR) is 56.3 cm³/mol. The zero-order valence-electron chi connectivity index (χ0n) is 9.16. The quantitative estimate of drug-likeness (QED) is 0.725. The summed E-state index contributed by atoms with van der Waals surface area (Å²) < 4.78 is 6.97. The van der Waals surface area contributed by atoms with E-state index in [0.717, 1.165) is 19.6 Å². The van der Waals surface area contributed by atoms with Crippen LogP contribution in [0.1, 0.15) is 12.5 Å². The Morgan fingerprint density at radius 1 is 1.64 bits per heavy atom. The number of rotatable bonds is 6. The van der Waals surface area contributed by atoms with Gasteiger partial charge in [-0.15, -0.1) is 0 Å². The van der Waals surface area contributed by atoms with Crippen LogP contribution in [0.25, 0.3) is 0 Å². The van der Waals surface area contributed by atoms with Gasteiger partial charge in [0.05, 0.1) is 12.8 Å². The van der Waals surface area contributed by atoms with Crippen LogP contribution in [0.3, 0.4) is 0 Å². The molecule has 1 aromatic heterocycles. The van der Waals surface area contributed by atoms with Gasteiger partial charge in [-0.25, -0.2) is 0 Å². The molecule has 0 aliphatic rings. The summed E-state index contributed by atoms with van der Waals surface area (Å²) in [6, 6.07) is 0.384. The molecule has 0 aromatic carbocycles. The van der Waals surface area contributed by atoms with E-state index in [0.29, 0.717) is 6.04 Å². The topological polar surface area (TPSA) is 39.1 Å². The molecule has 0 radical (unpaired) electrons. The van der Waals surface area contributed by atoms with Crippen molar-refractivity contribution in [2.75, 3.05) is 20.3 Å². The zero-order chi connectivity index (χ0) is 10.4. The van der Waals surface area contributed by atoms with Crippen LogP contribution in [0.2, 0.25) is 0 Å². The van der Waals surface area contributed by atoms with Gasteiger partial charge in [-0.2, -0.15) is 5.10 Å². The van der Waals surface area contributed by atoms with Crippen LogP contribution in [0.4, 0.5) is 0 Å². The molecule has 1 atom stereocenters. The van der Waals surface area contributed by atoms with E-state index in [4.69, 9.17) is 4.74 Å². The Kier molecular flexibility index (Phi) is 4.62. The molecular weight excluding hydrogens is 178 g/mol. The van der Waals surface area contributed by atoms with Gasteiger partial charge in [0, 0.05) is 26.4 Å². The van der Waals surface area contributed by atoms with Crippen molar-refractivity contribution in [2.24, 2.45) is 7.05 Å². The number of aromatic nitrogens is 2. The minimum Gasteiger partial charge on any atom is -0.383 e. The molecule has 1 N–H and O–H groups in total. The Morgan fingerprint density at radius 2 is 2.43 bits per heavy atom. The molecule has 0 fully saturated rings. The molecule has 80 valence electrons. The highest BCUT2D eigenvalue weighted by Crippen LogP contribution is 2.01. The van der Waals surface area contributed by atoms with Gasteiger partial charge in [-0.05, 0) is 18.5 Å². The van der Waals surface area contributed by atoms with Crippen LogP contribution in [-0.4, -0.2) is 36.1 Å². The average molecular weight is 197 g/mol. The highest BCUT2D eigenvalue weighted by molar-refractivity contribution is 5.05. The average Bonchev–Trinajstić information content (AvgIpc) is 2.52. The van der Waals surface area contributed by atoms with Gasteiger partial charge >= 0.3 is 0 Å². The van der Waals surface area contributed by atoms with E-state index >= 15 is 0 Å². The Labute approximate surface area is 85.3 Å². The van der Waals surface area contributed by atoms with E-state index in [9.17, 15) is 0 Å². The number of ether oxygens (including phenoxy) is 1. The van der Waals surface area contributed by atoms with Crippen LogP contribution >= 0.6 is 0 Å². The molecular formula is C10H19N3O. The molecule has 0 saturated carbocycles. The SMILES string of the molecule is CCNC(COC)Cc1cnn(C)c1. The van der Waals surface area contributed by atoms with Gasteiger partial charge < -0.3 is 10.1 Å². The molecule has 0 spiro atoms. The lowest BCUT2D eigenvalue weighted by atomic mass is 10.1. The standard InChI is InChI=1S/C10H19N3O/c1-4-11-10(8-14-3)5-9-6-12-13(2)7-9/h6-7,10-11H,4-5,8H2,1-3H3. The van der Waals surface area contributed by atoms with Crippen LogP contribution in [0.15, 0.2) is 12.4 Å². The normalized spacial score (nSPS) is 13.1. The Balaban J connectivity index is 2.46. The van der Waals surface area contributed by atoms with Crippen LogP contribution in [-0.2, 0) is 18.2 Å². The number of nitrogens with zero attached hydrogens (tertiary/aromatic N) is 2.